The van der Waals surface area contributed by atoms with Crippen LogP contribution >= 0.6 is 0 Å². The molecule has 1 saturated carbocycles. The molecule has 2 fully saturated rings. The molecular formula is C32H35F6N5O2. The van der Waals surface area contributed by atoms with Crippen molar-refractivity contribution in [1.82, 2.24) is 25.5 Å². The van der Waals surface area contributed by atoms with Gasteiger partial charge in [-0.25, -0.2) is 9.97 Å². The van der Waals surface area contributed by atoms with Crippen LogP contribution in [0.15, 0.2) is 42.7 Å². The van der Waals surface area contributed by atoms with Gasteiger partial charge in [0.15, 0.2) is 0 Å². The first-order valence-corrected chi connectivity index (χ1v) is 15.0. The number of rotatable bonds is 8. The second-order valence-corrected chi connectivity index (χ2v) is 12.2. The third-order valence-electron chi connectivity index (χ3n) is 9.06. The molecule has 45 heavy (non-hydrogen) atoms. The summed E-state index contributed by atoms with van der Waals surface area (Å²) in [6.07, 6.45) is -5.72. The van der Waals surface area contributed by atoms with Gasteiger partial charge in [0.05, 0.1) is 28.9 Å². The Morgan fingerprint density at radius 3 is 2.33 bits per heavy atom. The summed E-state index contributed by atoms with van der Waals surface area (Å²) in [5, 5.41) is 5.36. The van der Waals surface area contributed by atoms with Gasteiger partial charge >= 0.3 is 12.4 Å². The number of halogens is 6. The smallest absolute Gasteiger partial charge is 0.352 e. The van der Waals surface area contributed by atoms with E-state index in [-0.39, 0.29) is 34.1 Å². The number of alkyl halides is 6. The van der Waals surface area contributed by atoms with E-state index in [0.717, 1.165) is 69.0 Å². The van der Waals surface area contributed by atoms with Gasteiger partial charge in [-0.1, -0.05) is 19.4 Å². The number of hydrogen-bond acceptors (Lipinski definition) is 5. The molecular weight excluding hydrogens is 600 g/mol. The maximum Gasteiger partial charge on any atom is 0.416 e. The third kappa shape index (κ3) is 6.92. The Kier molecular flexibility index (Phi) is 9.12. The predicted molar refractivity (Wildman–Crippen MR) is 156 cm³/mol. The topological polar surface area (TPSA) is 87.2 Å². The van der Waals surface area contributed by atoms with Gasteiger partial charge in [-0.15, -0.1) is 0 Å². The molecule has 1 unspecified atom stereocenters. The number of benzene rings is 2. The van der Waals surface area contributed by atoms with Crippen LogP contribution in [0.1, 0.15) is 61.5 Å². The van der Waals surface area contributed by atoms with Gasteiger partial charge in [-0.05, 0) is 74.8 Å². The van der Waals surface area contributed by atoms with E-state index in [2.05, 4.69) is 46.3 Å². The minimum Gasteiger partial charge on any atom is -0.352 e. The van der Waals surface area contributed by atoms with Crippen LogP contribution in [0.2, 0.25) is 0 Å². The molecule has 242 valence electrons. The van der Waals surface area contributed by atoms with Crippen molar-refractivity contribution in [2.75, 3.05) is 19.6 Å². The Bertz CT molecular complexity index is 1570. The largest absolute Gasteiger partial charge is 0.416 e. The normalized spacial score (nSPS) is 22.2. The number of nitrogens with zero attached hydrogens (tertiary/aromatic N) is 3. The quantitative estimate of drug-likeness (QED) is 0.283. The number of hydrogen-bond donors (Lipinski definition) is 2. The van der Waals surface area contributed by atoms with Crippen molar-refractivity contribution in [3.8, 4) is 11.3 Å². The second kappa shape index (κ2) is 12.6. The fourth-order valence-corrected chi connectivity index (χ4v) is 6.88. The van der Waals surface area contributed by atoms with E-state index in [0.29, 0.717) is 23.9 Å². The molecule has 2 heterocycles. The summed E-state index contributed by atoms with van der Waals surface area (Å²) < 4.78 is 81.4. The average Bonchev–Trinajstić information content (AvgIpc) is 3.53. The summed E-state index contributed by atoms with van der Waals surface area (Å²) in [5.74, 6) is -0.263. The Morgan fingerprint density at radius 2 is 1.67 bits per heavy atom. The zero-order valence-electron chi connectivity index (χ0n) is 25.1. The first-order valence-electron chi connectivity index (χ1n) is 15.0. The Hall–Kier alpha value is -3.74. The molecule has 2 N–H and O–H groups in total. The van der Waals surface area contributed by atoms with Crippen molar-refractivity contribution >= 4 is 22.7 Å². The van der Waals surface area contributed by atoms with Crippen LogP contribution in [0, 0.1) is 17.8 Å². The number of likely N-dealkylation sites (tertiary alicyclic amines) is 1. The minimum absolute atomic E-state index is 0.0713. The third-order valence-corrected chi connectivity index (χ3v) is 9.06. The van der Waals surface area contributed by atoms with Crippen molar-refractivity contribution in [1.29, 1.82) is 0 Å². The van der Waals surface area contributed by atoms with Crippen molar-refractivity contribution in [2.45, 2.75) is 64.5 Å². The standard InChI is InChI=1S/C32H35F6N5O2/c1-4-5-21-25-15-43(17(2)3)14-18(25)10-27(21)42-28(44)13-39-30(45)23-11-19(31(33,34)35)6-8-22(23)29-24-12-20(32(36,37)38)7-9-26(24)40-16-41-29/h6-9,11-12,16-18,21,25,27H,4-5,10,13-15H2,1-3H3,(H,39,45)(H,42,44)/t18-,21?,25+,27-/m0/s1. The SMILES string of the molecule is CCCC1[C@@H](NC(=O)CNC(=O)c2cc(C(F)(F)F)ccc2-c2ncnc3ccc(C(F)(F)F)cc23)C[C@H]2CN(C(C)C)C[C@@H]12. The lowest BCUT2D eigenvalue weighted by molar-refractivity contribution is -0.138. The molecule has 2 aliphatic rings. The molecule has 0 bridgehead atoms. The van der Waals surface area contributed by atoms with E-state index in [1.54, 1.807) is 0 Å². The van der Waals surface area contributed by atoms with Crippen molar-refractivity contribution in [3.05, 3.63) is 59.4 Å². The molecule has 2 amide bonds. The van der Waals surface area contributed by atoms with E-state index in [1.807, 2.05) is 0 Å². The number of amides is 2. The summed E-state index contributed by atoms with van der Waals surface area (Å²) in [5.41, 5.74) is -2.79. The van der Waals surface area contributed by atoms with E-state index < -0.39 is 47.4 Å². The Morgan fingerprint density at radius 1 is 0.978 bits per heavy atom. The van der Waals surface area contributed by atoms with Crippen LogP contribution in [0.3, 0.4) is 0 Å². The molecule has 4 atom stereocenters. The average molecular weight is 636 g/mol. The highest BCUT2D eigenvalue weighted by Gasteiger charge is 2.48. The number of aromatic nitrogens is 2. The van der Waals surface area contributed by atoms with Gasteiger partial charge in [0.1, 0.15) is 6.33 Å². The van der Waals surface area contributed by atoms with Crippen molar-refractivity contribution < 1.29 is 35.9 Å². The second-order valence-electron chi connectivity index (χ2n) is 12.2. The Balaban J connectivity index is 1.38. The number of carbonyl (C=O) groups is 2. The van der Waals surface area contributed by atoms with Crippen LogP contribution in [-0.4, -0.2) is 58.4 Å². The van der Waals surface area contributed by atoms with Gasteiger partial charge < -0.3 is 15.5 Å². The first kappa shape index (κ1) is 32.6. The lowest BCUT2D eigenvalue weighted by Crippen LogP contribution is -2.45. The first-order chi connectivity index (χ1) is 21.2. The van der Waals surface area contributed by atoms with Crippen molar-refractivity contribution in [3.63, 3.8) is 0 Å². The molecule has 3 aromatic rings. The Labute approximate surface area is 256 Å². The number of fused-ring (bicyclic) bond motifs is 2. The van der Waals surface area contributed by atoms with Gasteiger partial charge in [-0.2, -0.15) is 26.3 Å². The lowest BCUT2D eigenvalue weighted by atomic mass is 9.87. The molecule has 1 aliphatic carbocycles. The molecule has 0 radical (unpaired) electrons. The number of carbonyl (C=O) groups excluding carboxylic acids is 2. The molecule has 5 rings (SSSR count). The van der Waals surface area contributed by atoms with Gasteiger partial charge in [0.2, 0.25) is 5.91 Å². The molecule has 1 saturated heterocycles. The van der Waals surface area contributed by atoms with Crippen LogP contribution in [0.25, 0.3) is 22.2 Å². The van der Waals surface area contributed by atoms with Gasteiger partial charge in [0.25, 0.3) is 5.91 Å². The maximum absolute atomic E-state index is 13.7. The van der Waals surface area contributed by atoms with Gasteiger partial charge in [0, 0.05) is 41.7 Å². The molecule has 1 aromatic heterocycles. The van der Waals surface area contributed by atoms with Crippen LogP contribution in [0.5, 0.6) is 0 Å². The van der Waals surface area contributed by atoms with Crippen LogP contribution in [-0.2, 0) is 17.1 Å². The van der Waals surface area contributed by atoms with E-state index >= 15 is 0 Å². The van der Waals surface area contributed by atoms with Crippen LogP contribution in [0.4, 0.5) is 26.3 Å². The van der Waals surface area contributed by atoms with Gasteiger partial charge in [-0.3, -0.25) is 9.59 Å². The molecule has 1 aliphatic heterocycles. The van der Waals surface area contributed by atoms with Crippen LogP contribution < -0.4 is 10.6 Å². The molecule has 2 aromatic carbocycles. The summed E-state index contributed by atoms with van der Waals surface area (Å²) in [6, 6.07) is 5.45. The van der Waals surface area contributed by atoms with E-state index in [4.69, 9.17) is 0 Å². The number of nitrogens with one attached hydrogen (secondary N) is 2. The summed E-state index contributed by atoms with van der Waals surface area (Å²) >= 11 is 0. The monoisotopic (exact) mass is 635 g/mol. The summed E-state index contributed by atoms with van der Waals surface area (Å²) in [7, 11) is 0. The minimum atomic E-state index is -4.80. The van der Waals surface area contributed by atoms with Crippen molar-refractivity contribution in [2.24, 2.45) is 17.8 Å². The van der Waals surface area contributed by atoms with E-state index in [1.165, 1.54) is 0 Å². The fraction of sp³-hybridized carbons (Fsp3) is 0.500. The molecule has 13 heteroatoms. The zero-order valence-corrected chi connectivity index (χ0v) is 25.1. The highest BCUT2D eigenvalue weighted by atomic mass is 19.4. The maximum atomic E-state index is 13.7. The van der Waals surface area contributed by atoms with E-state index in [9.17, 15) is 35.9 Å². The predicted octanol–water partition coefficient (Wildman–Crippen LogP) is 6.33. The highest BCUT2D eigenvalue weighted by molar-refractivity contribution is 6.05. The summed E-state index contributed by atoms with van der Waals surface area (Å²) in [6.45, 7) is 7.88. The lowest BCUT2D eigenvalue weighted by Gasteiger charge is -2.28. The highest BCUT2D eigenvalue weighted by Crippen LogP contribution is 2.45. The molecule has 7 nitrogen and oxygen atoms in total. The molecule has 0 spiro atoms. The fourth-order valence-electron chi connectivity index (χ4n) is 6.88. The summed E-state index contributed by atoms with van der Waals surface area (Å²) in [4.78, 5) is 36.8. The zero-order chi connectivity index (χ0) is 32.7.